The van der Waals surface area contributed by atoms with Gasteiger partial charge in [0.25, 0.3) is 0 Å². The Morgan fingerprint density at radius 2 is 1.86 bits per heavy atom. The fourth-order valence-electron chi connectivity index (χ4n) is 4.04. The first-order chi connectivity index (χ1) is 17.0. The van der Waals surface area contributed by atoms with Crippen LogP contribution in [0, 0.1) is 13.8 Å². The average Bonchev–Trinajstić information content (AvgIpc) is 3.52. The van der Waals surface area contributed by atoms with Gasteiger partial charge >= 0.3 is 5.97 Å². The third-order valence-electron chi connectivity index (χ3n) is 5.88. The minimum atomic E-state index is -0.582. The van der Waals surface area contributed by atoms with Gasteiger partial charge in [-0.1, -0.05) is 12.1 Å². The Balaban J connectivity index is 1.21. The van der Waals surface area contributed by atoms with Crippen LogP contribution in [-0.4, -0.2) is 55.8 Å². The summed E-state index contributed by atoms with van der Waals surface area (Å²) in [4.78, 5) is 25.3. The Labute approximate surface area is 201 Å². The standard InChI is InChI=1S/C25H23N5O5/c1-16-11-21(17(2)29(16)12-20-13-33-23-5-3-4-6-24(23)35-20)22(31)14-34-25(32)18-7-9-19(10-8-18)30-15-26-27-28-30/h3-11,15,20H,12-14H2,1-2H3. The van der Waals surface area contributed by atoms with Crippen LogP contribution in [0.3, 0.4) is 0 Å². The van der Waals surface area contributed by atoms with Crippen molar-refractivity contribution in [1.82, 2.24) is 24.8 Å². The number of aromatic nitrogens is 5. The normalized spacial score (nSPS) is 14.5. The van der Waals surface area contributed by atoms with Crippen molar-refractivity contribution in [2.75, 3.05) is 13.2 Å². The van der Waals surface area contributed by atoms with Gasteiger partial charge in [-0.25, -0.2) is 9.48 Å². The smallest absolute Gasteiger partial charge is 0.338 e. The van der Waals surface area contributed by atoms with Crippen LogP contribution < -0.4 is 9.47 Å². The zero-order chi connectivity index (χ0) is 24.4. The monoisotopic (exact) mass is 473 g/mol. The number of rotatable bonds is 7. The number of para-hydroxylation sites is 2. The van der Waals surface area contributed by atoms with E-state index < -0.39 is 5.97 Å². The molecule has 0 aliphatic carbocycles. The highest BCUT2D eigenvalue weighted by Gasteiger charge is 2.24. The largest absolute Gasteiger partial charge is 0.486 e. The number of carbonyl (C=O) groups excluding carboxylic acids is 2. The number of benzene rings is 2. The molecule has 178 valence electrons. The van der Waals surface area contributed by atoms with Gasteiger partial charge < -0.3 is 18.8 Å². The predicted octanol–water partition coefficient (Wildman–Crippen LogP) is 2.96. The van der Waals surface area contributed by atoms with Crippen molar-refractivity contribution in [3.63, 3.8) is 0 Å². The van der Waals surface area contributed by atoms with Gasteiger partial charge in [0.2, 0.25) is 5.78 Å². The van der Waals surface area contributed by atoms with Crippen molar-refractivity contribution in [2.24, 2.45) is 0 Å². The molecule has 0 spiro atoms. The molecule has 2 aromatic carbocycles. The van der Waals surface area contributed by atoms with Gasteiger partial charge in [0.1, 0.15) is 12.9 Å². The van der Waals surface area contributed by atoms with Crippen molar-refractivity contribution in [1.29, 1.82) is 0 Å². The molecule has 0 amide bonds. The first-order valence-corrected chi connectivity index (χ1v) is 11.1. The minimum absolute atomic E-state index is 0.188. The minimum Gasteiger partial charge on any atom is -0.486 e. The summed E-state index contributed by atoms with van der Waals surface area (Å²) in [6.07, 6.45) is 1.26. The van der Waals surface area contributed by atoms with E-state index in [-0.39, 0.29) is 18.5 Å². The Bertz CT molecular complexity index is 1360. The summed E-state index contributed by atoms with van der Waals surface area (Å²) < 4.78 is 20.6. The fraction of sp³-hybridized carbons (Fsp3) is 0.240. The number of ketones is 1. The van der Waals surface area contributed by atoms with Crippen molar-refractivity contribution in [3.8, 4) is 17.2 Å². The molecule has 0 radical (unpaired) electrons. The number of tetrazole rings is 1. The lowest BCUT2D eigenvalue weighted by Crippen LogP contribution is -2.33. The number of hydrogen-bond acceptors (Lipinski definition) is 8. The molecule has 1 atom stereocenters. The quantitative estimate of drug-likeness (QED) is 0.298. The first-order valence-electron chi connectivity index (χ1n) is 11.1. The molecule has 1 aliphatic rings. The second-order valence-corrected chi connectivity index (χ2v) is 8.19. The van der Waals surface area contributed by atoms with Gasteiger partial charge in [0.05, 0.1) is 17.8 Å². The molecule has 35 heavy (non-hydrogen) atoms. The van der Waals surface area contributed by atoms with Crippen LogP contribution in [0.2, 0.25) is 0 Å². The SMILES string of the molecule is Cc1cc(C(=O)COC(=O)c2ccc(-n3cnnn3)cc2)c(C)n1CC1COc2ccccc2O1. The molecule has 0 fully saturated rings. The van der Waals surface area contributed by atoms with E-state index in [1.54, 1.807) is 24.3 Å². The Morgan fingerprint density at radius 3 is 2.60 bits per heavy atom. The lowest BCUT2D eigenvalue weighted by Gasteiger charge is -2.27. The predicted molar refractivity (Wildman–Crippen MR) is 124 cm³/mol. The Morgan fingerprint density at radius 1 is 1.09 bits per heavy atom. The van der Waals surface area contributed by atoms with E-state index in [2.05, 4.69) is 15.5 Å². The van der Waals surface area contributed by atoms with Gasteiger partial charge in [0, 0.05) is 17.0 Å². The van der Waals surface area contributed by atoms with E-state index in [0.717, 1.165) is 17.1 Å². The van der Waals surface area contributed by atoms with Crippen molar-refractivity contribution in [3.05, 3.63) is 83.4 Å². The number of hydrogen-bond donors (Lipinski definition) is 0. The molecule has 3 heterocycles. The zero-order valence-corrected chi connectivity index (χ0v) is 19.2. The second-order valence-electron chi connectivity index (χ2n) is 8.19. The number of fused-ring (bicyclic) bond motifs is 1. The molecular formula is C25H23N5O5. The Kier molecular flexibility index (Phi) is 6.01. The molecule has 0 bridgehead atoms. The third-order valence-corrected chi connectivity index (χ3v) is 5.88. The maximum atomic E-state index is 12.9. The number of ether oxygens (including phenoxy) is 3. The lowest BCUT2D eigenvalue weighted by atomic mass is 10.1. The van der Waals surface area contributed by atoms with E-state index in [1.807, 2.05) is 48.7 Å². The fourth-order valence-corrected chi connectivity index (χ4v) is 4.04. The highest BCUT2D eigenvalue weighted by atomic mass is 16.6. The van der Waals surface area contributed by atoms with Gasteiger partial charge in [-0.2, -0.15) is 0 Å². The van der Waals surface area contributed by atoms with Crippen LogP contribution in [-0.2, 0) is 11.3 Å². The highest BCUT2D eigenvalue weighted by molar-refractivity contribution is 6.00. The van der Waals surface area contributed by atoms with Crippen LogP contribution in [0.1, 0.15) is 32.1 Å². The van der Waals surface area contributed by atoms with E-state index in [9.17, 15) is 9.59 Å². The number of aryl methyl sites for hydroxylation is 1. The second kappa shape index (κ2) is 9.41. The van der Waals surface area contributed by atoms with Crippen LogP contribution in [0.25, 0.3) is 5.69 Å². The van der Waals surface area contributed by atoms with E-state index >= 15 is 0 Å². The van der Waals surface area contributed by atoms with Gasteiger partial charge in [-0.15, -0.1) is 5.10 Å². The first kappa shape index (κ1) is 22.3. The highest BCUT2D eigenvalue weighted by Crippen LogP contribution is 2.31. The van der Waals surface area contributed by atoms with Gasteiger partial charge in [0.15, 0.2) is 24.2 Å². The van der Waals surface area contributed by atoms with Gasteiger partial charge in [-0.05, 0) is 66.7 Å². The number of nitrogens with zero attached hydrogens (tertiary/aromatic N) is 5. The number of esters is 1. The molecule has 5 rings (SSSR count). The van der Waals surface area contributed by atoms with Crippen LogP contribution in [0.5, 0.6) is 11.5 Å². The number of Topliss-reactive ketones (excluding diaryl/α,β-unsaturated/α-hetero) is 1. The lowest BCUT2D eigenvalue weighted by molar-refractivity contribution is 0.0474. The summed E-state index contributed by atoms with van der Waals surface area (Å²) in [5, 5.41) is 11.0. The van der Waals surface area contributed by atoms with Crippen molar-refractivity contribution in [2.45, 2.75) is 26.5 Å². The average molecular weight is 473 g/mol. The van der Waals surface area contributed by atoms with E-state index in [4.69, 9.17) is 14.2 Å². The van der Waals surface area contributed by atoms with Crippen molar-refractivity contribution < 1.29 is 23.8 Å². The van der Waals surface area contributed by atoms with Gasteiger partial charge in [-0.3, -0.25) is 4.79 Å². The molecule has 0 N–H and O–H groups in total. The maximum absolute atomic E-state index is 12.9. The summed E-state index contributed by atoms with van der Waals surface area (Å²) >= 11 is 0. The summed E-state index contributed by atoms with van der Waals surface area (Å²) in [5.41, 5.74) is 3.25. The zero-order valence-electron chi connectivity index (χ0n) is 19.2. The molecule has 2 aromatic heterocycles. The molecule has 0 saturated carbocycles. The summed E-state index contributed by atoms with van der Waals surface area (Å²) in [5.74, 6) is 0.587. The molecule has 10 heteroatoms. The Hall–Kier alpha value is -4.47. The summed E-state index contributed by atoms with van der Waals surface area (Å²) in [6, 6.07) is 15.9. The molecule has 1 aliphatic heterocycles. The number of carbonyl (C=O) groups is 2. The molecule has 1 unspecified atom stereocenters. The van der Waals surface area contributed by atoms with Crippen LogP contribution in [0.15, 0.2) is 60.9 Å². The third kappa shape index (κ3) is 4.63. The topological polar surface area (TPSA) is 110 Å². The summed E-state index contributed by atoms with van der Waals surface area (Å²) in [6.45, 7) is 4.40. The molecule has 4 aromatic rings. The maximum Gasteiger partial charge on any atom is 0.338 e. The molecule has 0 saturated heterocycles. The van der Waals surface area contributed by atoms with Crippen LogP contribution >= 0.6 is 0 Å². The van der Waals surface area contributed by atoms with Crippen molar-refractivity contribution >= 4 is 11.8 Å². The molecule has 10 nitrogen and oxygen atoms in total. The van der Waals surface area contributed by atoms with E-state index in [0.29, 0.717) is 35.7 Å². The van der Waals surface area contributed by atoms with Crippen LogP contribution in [0.4, 0.5) is 0 Å². The van der Waals surface area contributed by atoms with E-state index in [1.165, 1.54) is 11.0 Å². The summed E-state index contributed by atoms with van der Waals surface area (Å²) in [7, 11) is 0. The molecular weight excluding hydrogens is 450 g/mol.